The molecule has 1 aromatic heterocycles. The van der Waals surface area contributed by atoms with Crippen LogP contribution in [0.3, 0.4) is 0 Å². The van der Waals surface area contributed by atoms with Crippen molar-refractivity contribution in [3.8, 4) is 0 Å². The predicted octanol–water partition coefficient (Wildman–Crippen LogP) is 4.04. The normalized spacial score (nSPS) is 12.7. The third kappa shape index (κ3) is 2.90. The molecule has 3 nitrogen and oxygen atoms in total. The molecule has 0 saturated carbocycles. The van der Waals surface area contributed by atoms with Gasteiger partial charge in [0.2, 0.25) is 0 Å². The Hall–Kier alpha value is -0.720. The largest absolute Gasteiger partial charge is 0.382 e. The summed E-state index contributed by atoms with van der Waals surface area (Å²) in [6.07, 6.45) is 1.44. The molecule has 0 spiro atoms. The number of nitrogens with zero attached hydrogens (tertiary/aromatic N) is 2. The Balaban J connectivity index is 2.46. The molecule has 2 aromatic rings. The lowest BCUT2D eigenvalue weighted by molar-refractivity contribution is 0.201. The van der Waals surface area contributed by atoms with Crippen molar-refractivity contribution >= 4 is 31.9 Å². The smallest absolute Gasteiger partial charge is 0.143 e. The van der Waals surface area contributed by atoms with E-state index in [9.17, 15) is 9.50 Å². The fraction of sp³-hybridized carbons (Fsp3) is 0.308. The molecule has 6 heteroatoms. The van der Waals surface area contributed by atoms with Crippen molar-refractivity contribution < 1.29 is 9.50 Å². The molecular formula is C13H13Br2FN2O. The second kappa shape index (κ2) is 6.15. The Morgan fingerprint density at radius 1 is 1.37 bits per heavy atom. The van der Waals surface area contributed by atoms with Crippen LogP contribution in [-0.2, 0) is 6.54 Å². The van der Waals surface area contributed by atoms with E-state index in [1.54, 1.807) is 29.1 Å². The maximum atomic E-state index is 14.0. The number of halogens is 3. The summed E-state index contributed by atoms with van der Waals surface area (Å²) in [7, 11) is 0. The van der Waals surface area contributed by atoms with Crippen LogP contribution in [0.1, 0.15) is 30.7 Å². The summed E-state index contributed by atoms with van der Waals surface area (Å²) >= 11 is 6.48. The van der Waals surface area contributed by atoms with Crippen LogP contribution in [0.15, 0.2) is 33.3 Å². The number of aromatic nitrogens is 2. The third-order valence-electron chi connectivity index (χ3n) is 2.80. The first-order valence-electron chi connectivity index (χ1n) is 5.89. The van der Waals surface area contributed by atoms with E-state index in [1.165, 1.54) is 0 Å². The van der Waals surface area contributed by atoms with Crippen molar-refractivity contribution in [1.82, 2.24) is 9.78 Å². The highest BCUT2D eigenvalue weighted by Gasteiger charge is 2.22. The molecule has 19 heavy (non-hydrogen) atoms. The van der Waals surface area contributed by atoms with Gasteiger partial charge in [0.15, 0.2) is 0 Å². The van der Waals surface area contributed by atoms with E-state index < -0.39 is 11.9 Å². The van der Waals surface area contributed by atoms with Gasteiger partial charge in [-0.25, -0.2) is 4.39 Å². The molecule has 0 aliphatic heterocycles. The third-order valence-corrected chi connectivity index (χ3v) is 4.03. The Morgan fingerprint density at radius 2 is 2.11 bits per heavy atom. The van der Waals surface area contributed by atoms with Gasteiger partial charge in [0.25, 0.3) is 0 Å². The molecule has 2 rings (SSSR count). The lowest BCUT2D eigenvalue weighted by Crippen LogP contribution is -2.12. The van der Waals surface area contributed by atoms with Crippen LogP contribution < -0.4 is 0 Å². The van der Waals surface area contributed by atoms with Crippen LogP contribution in [-0.4, -0.2) is 14.9 Å². The first-order chi connectivity index (χ1) is 9.06. The van der Waals surface area contributed by atoms with Crippen molar-refractivity contribution in [2.24, 2.45) is 0 Å². The highest BCUT2D eigenvalue weighted by molar-refractivity contribution is 9.10. The van der Waals surface area contributed by atoms with Crippen LogP contribution in [0.4, 0.5) is 4.39 Å². The Morgan fingerprint density at radius 3 is 2.79 bits per heavy atom. The Kier molecular flexibility index (Phi) is 4.76. The minimum Gasteiger partial charge on any atom is -0.382 e. The summed E-state index contributed by atoms with van der Waals surface area (Å²) in [5.41, 5.74) is 0.798. The summed E-state index contributed by atoms with van der Waals surface area (Å²) in [6, 6.07) is 4.87. The number of aliphatic hydroxyl groups is 1. The molecule has 0 amide bonds. The summed E-state index contributed by atoms with van der Waals surface area (Å²) < 4.78 is 16.7. The maximum absolute atomic E-state index is 14.0. The number of hydrogen-bond donors (Lipinski definition) is 1. The van der Waals surface area contributed by atoms with Crippen LogP contribution >= 0.6 is 31.9 Å². The molecule has 1 unspecified atom stereocenters. The van der Waals surface area contributed by atoms with Gasteiger partial charge in [-0.05, 0) is 44.3 Å². The first-order valence-corrected chi connectivity index (χ1v) is 7.48. The van der Waals surface area contributed by atoms with E-state index in [2.05, 4.69) is 37.0 Å². The van der Waals surface area contributed by atoms with E-state index in [0.29, 0.717) is 21.2 Å². The van der Waals surface area contributed by atoms with Crippen LogP contribution in [0.25, 0.3) is 0 Å². The number of aliphatic hydroxyl groups excluding tert-OH is 1. The molecule has 0 aliphatic carbocycles. The maximum Gasteiger partial charge on any atom is 0.143 e. The van der Waals surface area contributed by atoms with E-state index in [4.69, 9.17) is 0 Å². The number of rotatable bonds is 4. The molecular weight excluding hydrogens is 379 g/mol. The van der Waals surface area contributed by atoms with E-state index in [0.717, 1.165) is 6.42 Å². The Labute approximate surface area is 127 Å². The van der Waals surface area contributed by atoms with Crippen LogP contribution in [0.2, 0.25) is 0 Å². The molecule has 102 valence electrons. The van der Waals surface area contributed by atoms with Crippen LogP contribution in [0, 0.1) is 5.82 Å². The zero-order chi connectivity index (χ0) is 14.0. The monoisotopic (exact) mass is 390 g/mol. The molecule has 1 N–H and O–H groups in total. The van der Waals surface area contributed by atoms with Crippen LogP contribution in [0.5, 0.6) is 0 Å². The van der Waals surface area contributed by atoms with Crippen molar-refractivity contribution in [2.45, 2.75) is 26.0 Å². The molecule has 0 radical (unpaired) electrons. The molecule has 1 atom stereocenters. The quantitative estimate of drug-likeness (QED) is 0.853. The highest BCUT2D eigenvalue weighted by atomic mass is 79.9. The van der Waals surface area contributed by atoms with Crippen molar-refractivity contribution in [3.63, 3.8) is 0 Å². The standard InChI is InChI=1S/C13H13Br2FN2O/c1-2-6-18-12(10(15)7-17-18)13(19)8-4-3-5-9(14)11(8)16/h3-5,7,13,19H,2,6H2,1H3. The number of hydrogen-bond acceptors (Lipinski definition) is 2. The van der Waals surface area contributed by atoms with E-state index in [1.807, 2.05) is 6.92 Å². The average Bonchev–Trinajstić information content (AvgIpc) is 2.74. The lowest BCUT2D eigenvalue weighted by Gasteiger charge is -2.15. The minimum absolute atomic E-state index is 0.230. The number of aryl methyl sites for hydroxylation is 1. The van der Waals surface area contributed by atoms with Gasteiger partial charge in [-0.1, -0.05) is 19.1 Å². The molecule has 1 aromatic carbocycles. The SMILES string of the molecule is CCCn1ncc(Br)c1C(O)c1cccc(Br)c1F. The van der Waals surface area contributed by atoms with Crippen molar-refractivity contribution in [1.29, 1.82) is 0 Å². The minimum atomic E-state index is -1.05. The van der Waals surface area contributed by atoms with Gasteiger partial charge >= 0.3 is 0 Å². The van der Waals surface area contributed by atoms with Crippen molar-refractivity contribution in [3.05, 3.63) is 50.4 Å². The van der Waals surface area contributed by atoms with Gasteiger partial charge in [0.05, 0.1) is 20.8 Å². The fourth-order valence-corrected chi connectivity index (χ4v) is 2.81. The number of benzene rings is 1. The first kappa shape index (κ1) is 14.7. The topological polar surface area (TPSA) is 38.0 Å². The van der Waals surface area contributed by atoms with E-state index >= 15 is 0 Å². The Bertz CT molecular complexity index is 586. The molecule has 0 aliphatic rings. The molecule has 1 heterocycles. The summed E-state index contributed by atoms with van der Waals surface area (Å²) in [4.78, 5) is 0. The van der Waals surface area contributed by atoms with Gasteiger partial charge in [0.1, 0.15) is 11.9 Å². The zero-order valence-corrected chi connectivity index (χ0v) is 13.4. The highest BCUT2D eigenvalue weighted by Crippen LogP contribution is 2.32. The summed E-state index contributed by atoms with van der Waals surface area (Å²) in [5.74, 6) is -0.453. The van der Waals surface area contributed by atoms with Gasteiger partial charge in [0, 0.05) is 12.1 Å². The van der Waals surface area contributed by atoms with Gasteiger partial charge in [-0.3, -0.25) is 4.68 Å². The fourth-order valence-electron chi connectivity index (χ4n) is 1.91. The molecule has 0 saturated heterocycles. The molecule has 0 fully saturated rings. The van der Waals surface area contributed by atoms with E-state index in [-0.39, 0.29) is 5.56 Å². The summed E-state index contributed by atoms with van der Waals surface area (Å²) in [5, 5.41) is 14.6. The zero-order valence-electron chi connectivity index (χ0n) is 10.3. The van der Waals surface area contributed by atoms with Gasteiger partial charge in [-0.15, -0.1) is 0 Å². The second-order valence-corrected chi connectivity index (χ2v) is 5.86. The van der Waals surface area contributed by atoms with Crippen molar-refractivity contribution in [2.75, 3.05) is 0 Å². The summed E-state index contributed by atoms with van der Waals surface area (Å²) in [6.45, 7) is 2.69. The average molecular weight is 392 g/mol. The predicted molar refractivity (Wildman–Crippen MR) is 78.4 cm³/mol. The molecule has 0 bridgehead atoms. The van der Waals surface area contributed by atoms with Gasteiger partial charge < -0.3 is 5.11 Å². The lowest BCUT2D eigenvalue weighted by atomic mass is 10.1. The van der Waals surface area contributed by atoms with Gasteiger partial charge in [-0.2, -0.15) is 5.10 Å². The second-order valence-electron chi connectivity index (χ2n) is 4.15.